The number of aromatic nitrogens is 2. The van der Waals surface area contributed by atoms with Crippen LogP contribution >= 0.6 is 0 Å². The predicted molar refractivity (Wildman–Crippen MR) is 113 cm³/mol. The van der Waals surface area contributed by atoms with Crippen LogP contribution in [-0.2, 0) is 11.3 Å². The van der Waals surface area contributed by atoms with Crippen molar-refractivity contribution < 1.29 is 13.6 Å². The molecular weight excluding hydrogens is 382 g/mol. The highest BCUT2D eigenvalue weighted by Gasteiger charge is 2.14. The Morgan fingerprint density at radius 3 is 2.80 bits per heavy atom. The molecule has 4 aromatic rings. The zero-order valence-electron chi connectivity index (χ0n) is 16.4. The van der Waals surface area contributed by atoms with Crippen LogP contribution in [0.5, 0.6) is 0 Å². The van der Waals surface area contributed by atoms with E-state index in [4.69, 9.17) is 14.6 Å². The van der Waals surface area contributed by atoms with Crippen molar-refractivity contribution in [3.8, 4) is 22.6 Å². The van der Waals surface area contributed by atoms with E-state index in [-0.39, 0.29) is 12.5 Å². The van der Waals surface area contributed by atoms with Gasteiger partial charge in [-0.25, -0.2) is 9.97 Å². The zero-order chi connectivity index (χ0) is 20.9. The van der Waals surface area contributed by atoms with Crippen molar-refractivity contribution >= 4 is 17.6 Å². The quantitative estimate of drug-likeness (QED) is 0.484. The third kappa shape index (κ3) is 4.23. The first-order valence-corrected chi connectivity index (χ1v) is 9.38. The fourth-order valence-corrected chi connectivity index (χ4v) is 3.09. The van der Waals surface area contributed by atoms with Gasteiger partial charge in [0, 0.05) is 30.4 Å². The largest absolute Gasteiger partial charge is 0.444 e. The number of oxazole rings is 2. The Balaban J connectivity index is 1.54. The molecule has 0 saturated heterocycles. The lowest BCUT2D eigenvalue weighted by Gasteiger charge is -2.17. The van der Waals surface area contributed by atoms with Gasteiger partial charge < -0.3 is 24.8 Å². The number of nitrogens with two attached hydrogens (primary N) is 1. The first-order valence-electron chi connectivity index (χ1n) is 9.38. The molecule has 0 atom stereocenters. The lowest BCUT2D eigenvalue weighted by Crippen LogP contribution is -2.32. The van der Waals surface area contributed by atoms with Crippen LogP contribution in [-0.4, -0.2) is 34.4 Å². The minimum Gasteiger partial charge on any atom is -0.444 e. The van der Waals surface area contributed by atoms with Crippen LogP contribution in [0.4, 0.5) is 11.7 Å². The molecule has 0 fully saturated rings. The molecular formula is C22H21N5O3. The highest BCUT2D eigenvalue weighted by Crippen LogP contribution is 2.29. The lowest BCUT2D eigenvalue weighted by atomic mass is 10.1. The van der Waals surface area contributed by atoms with Crippen LogP contribution in [0, 0.1) is 0 Å². The molecule has 0 saturated carbocycles. The Morgan fingerprint density at radius 2 is 2.00 bits per heavy atom. The second-order valence-electron chi connectivity index (χ2n) is 6.71. The fraction of sp³-hybridized carbons (Fsp3) is 0.136. The van der Waals surface area contributed by atoms with Gasteiger partial charge in [-0.15, -0.1) is 0 Å². The van der Waals surface area contributed by atoms with Gasteiger partial charge in [-0.2, -0.15) is 0 Å². The number of anilines is 2. The Morgan fingerprint density at radius 1 is 1.13 bits per heavy atom. The summed E-state index contributed by atoms with van der Waals surface area (Å²) in [6.07, 6.45) is 4.71. The second-order valence-corrected chi connectivity index (χ2v) is 6.71. The summed E-state index contributed by atoms with van der Waals surface area (Å²) >= 11 is 0. The smallest absolute Gasteiger partial charge is 0.299 e. The molecule has 0 aliphatic rings. The number of carbonyl (C=O) groups excluding carboxylic acids is 1. The lowest BCUT2D eigenvalue weighted by molar-refractivity contribution is -0.128. The molecule has 0 unspecified atom stereocenters. The van der Waals surface area contributed by atoms with Gasteiger partial charge in [0.05, 0.1) is 18.9 Å². The number of benzene rings is 2. The molecule has 0 bridgehead atoms. The van der Waals surface area contributed by atoms with Crippen molar-refractivity contribution in [2.45, 2.75) is 6.54 Å². The third-order valence-corrected chi connectivity index (χ3v) is 4.63. The molecule has 152 valence electrons. The van der Waals surface area contributed by atoms with E-state index in [1.165, 1.54) is 6.39 Å². The molecule has 4 rings (SSSR count). The molecule has 0 aliphatic carbocycles. The summed E-state index contributed by atoms with van der Waals surface area (Å²) in [5.74, 6) is 1.15. The standard InChI is InChI=1S/C22H21N5O3/c1-27(21(28)10-23)13-16-5-2-3-8-18(16)20-12-25-22(30-20)26-17-7-4-6-15(9-17)19-11-24-14-29-19/h2-9,11-12,14H,10,13,23H2,1H3,(H,25,26). The van der Waals surface area contributed by atoms with E-state index in [2.05, 4.69) is 15.3 Å². The number of hydrogen-bond acceptors (Lipinski definition) is 7. The van der Waals surface area contributed by atoms with E-state index in [1.807, 2.05) is 48.5 Å². The average Bonchev–Trinajstić information content (AvgIpc) is 3.46. The molecule has 2 heterocycles. The van der Waals surface area contributed by atoms with Crippen molar-refractivity contribution in [2.24, 2.45) is 5.73 Å². The van der Waals surface area contributed by atoms with Gasteiger partial charge >= 0.3 is 0 Å². The van der Waals surface area contributed by atoms with E-state index in [0.717, 1.165) is 22.4 Å². The summed E-state index contributed by atoms with van der Waals surface area (Å²) in [7, 11) is 1.72. The Hall–Kier alpha value is -3.91. The third-order valence-electron chi connectivity index (χ3n) is 4.63. The monoisotopic (exact) mass is 403 g/mol. The summed E-state index contributed by atoms with van der Waals surface area (Å²) in [6, 6.07) is 15.8. The summed E-state index contributed by atoms with van der Waals surface area (Å²) < 4.78 is 11.3. The topological polar surface area (TPSA) is 110 Å². The molecule has 0 spiro atoms. The SMILES string of the molecule is CN(Cc1ccccc1-c1cnc(Nc2cccc(-c3cnco3)c2)o1)C(=O)CN. The van der Waals surface area contributed by atoms with Crippen molar-refractivity contribution in [2.75, 3.05) is 18.9 Å². The van der Waals surface area contributed by atoms with E-state index in [9.17, 15) is 4.79 Å². The van der Waals surface area contributed by atoms with Crippen LogP contribution in [0.1, 0.15) is 5.56 Å². The number of carbonyl (C=O) groups is 1. The molecule has 0 radical (unpaired) electrons. The Kier molecular flexibility index (Phi) is 5.58. The Labute approximate surface area is 173 Å². The zero-order valence-corrected chi connectivity index (χ0v) is 16.4. The summed E-state index contributed by atoms with van der Waals surface area (Å²) in [4.78, 5) is 21.7. The minimum atomic E-state index is -0.128. The first kappa shape index (κ1) is 19.4. The van der Waals surface area contributed by atoms with E-state index in [1.54, 1.807) is 24.3 Å². The highest BCUT2D eigenvalue weighted by atomic mass is 16.4. The maximum atomic E-state index is 11.8. The maximum Gasteiger partial charge on any atom is 0.299 e. The summed E-state index contributed by atoms with van der Waals surface area (Å²) in [5, 5.41) is 3.16. The van der Waals surface area contributed by atoms with E-state index in [0.29, 0.717) is 24.1 Å². The first-order chi connectivity index (χ1) is 14.6. The van der Waals surface area contributed by atoms with Gasteiger partial charge in [0.1, 0.15) is 0 Å². The van der Waals surface area contributed by atoms with Crippen molar-refractivity contribution in [1.82, 2.24) is 14.9 Å². The molecule has 8 heteroatoms. The van der Waals surface area contributed by atoms with Crippen LogP contribution in [0.25, 0.3) is 22.6 Å². The van der Waals surface area contributed by atoms with Crippen LogP contribution in [0.15, 0.2) is 76.2 Å². The number of likely N-dealkylation sites (N-methyl/N-ethyl adjacent to an activating group) is 1. The normalized spacial score (nSPS) is 10.7. The Bertz CT molecular complexity index is 1140. The van der Waals surface area contributed by atoms with Gasteiger partial charge in [0.2, 0.25) is 5.91 Å². The maximum absolute atomic E-state index is 11.8. The molecule has 2 aromatic carbocycles. The van der Waals surface area contributed by atoms with Gasteiger partial charge in [-0.05, 0) is 17.7 Å². The molecule has 2 aromatic heterocycles. The molecule has 8 nitrogen and oxygen atoms in total. The number of nitrogens with one attached hydrogen (secondary N) is 1. The van der Waals surface area contributed by atoms with Gasteiger partial charge in [-0.1, -0.05) is 36.4 Å². The van der Waals surface area contributed by atoms with E-state index < -0.39 is 0 Å². The second kappa shape index (κ2) is 8.62. The van der Waals surface area contributed by atoms with Gasteiger partial charge in [0.15, 0.2) is 17.9 Å². The van der Waals surface area contributed by atoms with Gasteiger partial charge in [0.25, 0.3) is 6.01 Å². The number of rotatable bonds is 7. The van der Waals surface area contributed by atoms with Crippen molar-refractivity contribution in [1.29, 1.82) is 0 Å². The summed E-state index contributed by atoms with van der Waals surface area (Å²) in [5.41, 5.74) is 8.96. The van der Waals surface area contributed by atoms with Gasteiger partial charge in [-0.3, -0.25) is 4.79 Å². The molecule has 3 N–H and O–H groups in total. The number of hydrogen-bond donors (Lipinski definition) is 2. The number of amides is 1. The van der Waals surface area contributed by atoms with Crippen LogP contribution < -0.4 is 11.1 Å². The van der Waals surface area contributed by atoms with Crippen molar-refractivity contribution in [3.63, 3.8) is 0 Å². The highest BCUT2D eigenvalue weighted by molar-refractivity contribution is 5.78. The molecule has 30 heavy (non-hydrogen) atoms. The van der Waals surface area contributed by atoms with Crippen molar-refractivity contribution in [3.05, 3.63) is 72.9 Å². The fourth-order valence-electron chi connectivity index (χ4n) is 3.09. The van der Waals surface area contributed by atoms with Crippen LogP contribution in [0.3, 0.4) is 0 Å². The predicted octanol–water partition coefficient (Wildman–Crippen LogP) is 3.66. The summed E-state index contributed by atoms with van der Waals surface area (Å²) in [6.45, 7) is 0.400. The van der Waals surface area contributed by atoms with E-state index >= 15 is 0 Å². The average molecular weight is 403 g/mol. The molecule has 0 aliphatic heterocycles. The number of nitrogens with zero attached hydrogens (tertiary/aromatic N) is 3. The molecule has 1 amide bonds. The minimum absolute atomic E-state index is 0.0256. The van der Waals surface area contributed by atoms with Crippen LogP contribution in [0.2, 0.25) is 0 Å².